The van der Waals surface area contributed by atoms with E-state index in [0.29, 0.717) is 33.1 Å². The lowest BCUT2D eigenvalue weighted by Crippen LogP contribution is -2.16. The number of nitrogens with one attached hydrogen (secondary N) is 2. The van der Waals surface area contributed by atoms with Gasteiger partial charge >= 0.3 is 0 Å². The third-order valence-electron chi connectivity index (χ3n) is 4.88. The minimum absolute atomic E-state index is 0.0774. The molecule has 3 aromatic carbocycles. The Kier molecular flexibility index (Phi) is 7.69. The molecule has 2 N–H and O–H groups in total. The molecule has 0 unspecified atom stereocenters. The van der Waals surface area contributed by atoms with Crippen molar-refractivity contribution in [3.8, 4) is 22.8 Å². The molecule has 35 heavy (non-hydrogen) atoms. The maximum Gasteiger partial charge on any atom is 0.234 e. The van der Waals surface area contributed by atoms with Crippen LogP contribution in [0.5, 0.6) is 5.75 Å². The number of methoxy groups -OCH3 is 1. The molecule has 4 rings (SSSR count). The Hall–Kier alpha value is -3.82. The standard InChI is InChI=1S/C25H22ClN5O3S/c1-16(32)27-19-10-13-22(34-2)21(14-19)28-23(33)15-35-25-30-29-24(17-6-4-3-5-7-17)31(25)20-11-8-18(26)9-12-20/h3-14H,15H2,1-2H3,(H,27,32)(H,28,33). The van der Waals surface area contributed by atoms with E-state index in [4.69, 9.17) is 16.3 Å². The molecule has 0 bridgehead atoms. The quantitative estimate of drug-likeness (QED) is 0.315. The van der Waals surface area contributed by atoms with Crippen molar-refractivity contribution in [1.82, 2.24) is 14.8 Å². The zero-order valence-electron chi connectivity index (χ0n) is 19.0. The van der Waals surface area contributed by atoms with Crippen molar-refractivity contribution in [2.24, 2.45) is 0 Å². The topological polar surface area (TPSA) is 98.1 Å². The van der Waals surface area contributed by atoms with E-state index in [-0.39, 0.29) is 17.6 Å². The normalized spacial score (nSPS) is 10.6. The van der Waals surface area contributed by atoms with Crippen LogP contribution in [0.3, 0.4) is 0 Å². The number of carbonyl (C=O) groups is 2. The highest BCUT2D eigenvalue weighted by Crippen LogP contribution is 2.30. The number of carbonyl (C=O) groups excluding carboxylic acids is 2. The van der Waals surface area contributed by atoms with E-state index < -0.39 is 0 Å². The largest absolute Gasteiger partial charge is 0.495 e. The summed E-state index contributed by atoms with van der Waals surface area (Å²) in [5.74, 6) is 0.737. The zero-order valence-corrected chi connectivity index (χ0v) is 20.6. The number of aromatic nitrogens is 3. The smallest absolute Gasteiger partial charge is 0.234 e. The third-order valence-corrected chi connectivity index (χ3v) is 6.06. The van der Waals surface area contributed by atoms with E-state index >= 15 is 0 Å². The Morgan fingerprint density at radius 3 is 2.43 bits per heavy atom. The summed E-state index contributed by atoms with van der Waals surface area (Å²) in [5.41, 5.74) is 2.72. The number of ether oxygens (including phenoxy) is 1. The zero-order chi connectivity index (χ0) is 24.8. The van der Waals surface area contributed by atoms with Gasteiger partial charge < -0.3 is 15.4 Å². The molecule has 0 fully saturated rings. The van der Waals surface area contributed by atoms with Crippen molar-refractivity contribution in [2.45, 2.75) is 12.1 Å². The first-order chi connectivity index (χ1) is 16.9. The van der Waals surface area contributed by atoms with E-state index in [1.807, 2.05) is 47.0 Å². The lowest BCUT2D eigenvalue weighted by molar-refractivity contribution is -0.114. The van der Waals surface area contributed by atoms with E-state index in [1.54, 1.807) is 30.3 Å². The van der Waals surface area contributed by atoms with Crippen LogP contribution in [0.2, 0.25) is 5.02 Å². The molecule has 2 amide bonds. The van der Waals surface area contributed by atoms with Crippen LogP contribution in [-0.2, 0) is 9.59 Å². The van der Waals surface area contributed by atoms with Gasteiger partial charge in [0, 0.05) is 28.9 Å². The average molecular weight is 508 g/mol. The van der Waals surface area contributed by atoms with Crippen molar-refractivity contribution >= 4 is 46.6 Å². The minimum atomic E-state index is -0.264. The summed E-state index contributed by atoms with van der Waals surface area (Å²) in [7, 11) is 1.51. The van der Waals surface area contributed by atoms with Crippen molar-refractivity contribution in [2.75, 3.05) is 23.5 Å². The second-order valence-corrected chi connectivity index (χ2v) is 8.80. The van der Waals surface area contributed by atoms with Gasteiger partial charge in [0.2, 0.25) is 11.8 Å². The second-order valence-electron chi connectivity index (χ2n) is 7.42. The fourth-order valence-corrected chi connectivity index (χ4v) is 4.24. The lowest BCUT2D eigenvalue weighted by atomic mass is 10.2. The molecule has 0 radical (unpaired) electrons. The van der Waals surface area contributed by atoms with E-state index in [2.05, 4.69) is 20.8 Å². The van der Waals surface area contributed by atoms with Crippen LogP contribution in [0.1, 0.15) is 6.92 Å². The molecule has 178 valence electrons. The van der Waals surface area contributed by atoms with E-state index in [0.717, 1.165) is 11.3 Å². The fourth-order valence-electron chi connectivity index (χ4n) is 3.36. The molecule has 0 atom stereocenters. The first kappa shape index (κ1) is 24.3. The van der Waals surface area contributed by atoms with Gasteiger partial charge in [-0.15, -0.1) is 10.2 Å². The molecule has 0 spiro atoms. The van der Waals surface area contributed by atoms with Crippen molar-refractivity contribution in [1.29, 1.82) is 0 Å². The van der Waals surface area contributed by atoms with E-state index in [1.165, 1.54) is 25.8 Å². The number of amides is 2. The highest BCUT2D eigenvalue weighted by molar-refractivity contribution is 7.99. The molecule has 0 saturated heterocycles. The summed E-state index contributed by atoms with van der Waals surface area (Å²) in [5, 5.41) is 15.4. The Labute approximate surface area is 211 Å². The summed E-state index contributed by atoms with van der Waals surface area (Å²) in [6.07, 6.45) is 0. The predicted molar refractivity (Wildman–Crippen MR) is 138 cm³/mol. The summed E-state index contributed by atoms with van der Waals surface area (Å²) < 4.78 is 7.23. The summed E-state index contributed by atoms with van der Waals surface area (Å²) >= 11 is 7.33. The summed E-state index contributed by atoms with van der Waals surface area (Å²) in [4.78, 5) is 24.2. The number of halogens is 1. The van der Waals surface area contributed by atoms with Gasteiger partial charge in [0.1, 0.15) is 5.75 Å². The Morgan fingerprint density at radius 2 is 1.74 bits per heavy atom. The third kappa shape index (κ3) is 6.00. The van der Waals surface area contributed by atoms with Crippen LogP contribution in [0.25, 0.3) is 17.1 Å². The van der Waals surface area contributed by atoms with Crippen LogP contribution >= 0.6 is 23.4 Å². The number of nitrogens with zero attached hydrogens (tertiary/aromatic N) is 3. The van der Waals surface area contributed by atoms with Crippen LogP contribution < -0.4 is 15.4 Å². The van der Waals surface area contributed by atoms with E-state index in [9.17, 15) is 9.59 Å². The molecule has 0 aliphatic heterocycles. The van der Waals surface area contributed by atoms with Gasteiger partial charge in [-0.25, -0.2) is 0 Å². The fraction of sp³-hybridized carbons (Fsp3) is 0.120. The SMILES string of the molecule is COc1ccc(NC(C)=O)cc1NC(=O)CSc1nnc(-c2ccccc2)n1-c1ccc(Cl)cc1. The molecule has 0 aliphatic carbocycles. The van der Waals surface area contributed by atoms with Crippen LogP contribution in [0.15, 0.2) is 78.0 Å². The average Bonchev–Trinajstić information content (AvgIpc) is 3.27. The van der Waals surface area contributed by atoms with Crippen LogP contribution in [0, 0.1) is 0 Å². The summed E-state index contributed by atoms with van der Waals surface area (Å²) in [6.45, 7) is 1.42. The number of thioether (sulfide) groups is 1. The highest BCUT2D eigenvalue weighted by Gasteiger charge is 2.18. The number of benzene rings is 3. The van der Waals surface area contributed by atoms with Gasteiger partial charge in [0.05, 0.1) is 18.6 Å². The molecular formula is C25H22ClN5O3S. The van der Waals surface area contributed by atoms with Crippen molar-refractivity contribution < 1.29 is 14.3 Å². The van der Waals surface area contributed by atoms with Gasteiger partial charge in [-0.1, -0.05) is 53.7 Å². The number of hydrogen-bond donors (Lipinski definition) is 2. The highest BCUT2D eigenvalue weighted by atomic mass is 35.5. The van der Waals surface area contributed by atoms with Crippen molar-refractivity contribution in [3.63, 3.8) is 0 Å². The Morgan fingerprint density at radius 1 is 1.00 bits per heavy atom. The second kappa shape index (κ2) is 11.1. The van der Waals surface area contributed by atoms with Gasteiger partial charge in [-0.05, 0) is 42.5 Å². The Bertz CT molecular complexity index is 1340. The first-order valence-corrected chi connectivity index (χ1v) is 12.0. The molecule has 8 nitrogen and oxygen atoms in total. The van der Waals surface area contributed by atoms with Crippen LogP contribution in [0.4, 0.5) is 11.4 Å². The maximum atomic E-state index is 12.8. The van der Waals surface area contributed by atoms with Crippen molar-refractivity contribution in [3.05, 3.63) is 77.8 Å². The van der Waals surface area contributed by atoms with Gasteiger partial charge in [-0.2, -0.15) is 0 Å². The number of rotatable bonds is 8. The maximum absolute atomic E-state index is 12.8. The van der Waals surface area contributed by atoms with Gasteiger partial charge in [0.25, 0.3) is 0 Å². The monoisotopic (exact) mass is 507 g/mol. The molecular weight excluding hydrogens is 486 g/mol. The molecule has 10 heteroatoms. The number of anilines is 2. The summed E-state index contributed by atoms with van der Waals surface area (Å²) in [6, 6.07) is 22.1. The minimum Gasteiger partial charge on any atom is -0.495 e. The first-order valence-electron chi connectivity index (χ1n) is 10.6. The van der Waals surface area contributed by atoms with Crippen LogP contribution in [-0.4, -0.2) is 39.4 Å². The van der Waals surface area contributed by atoms with Gasteiger partial charge in [-0.3, -0.25) is 14.2 Å². The molecule has 1 heterocycles. The molecule has 1 aromatic heterocycles. The number of hydrogen-bond acceptors (Lipinski definition) is 6. The molecule has 4 aromatic rings. The molecule has 0 aliphatic rings. The predicted octanol–water partition coefficient (Wildman–Crippen LogP) is 5.29. The lowest BCUT2D eigenvalue weighted by Gasteiger charge is -2.13. The molecule has 0 saturated carbocycles. The Balaban J connectivity index is 1.56. The van der Waals surface area contributed by atoms with Gasteiger partial charge in [0.15, 0.2) is 11.0 Å².